The maximum absolute atomic E-state index is 12.7. The standard InChI is InChI=1S/C20H38N4O6.C17H19N3O3S/c1-18(2)4-6-24-16-19(22-23-24)17-30-15-14-29-13-12-28-11-10-27-9-8-26-7-5-20(25)21-3;1-10-8-18-15(11(2)16(10)23-4)9-24(21)17-19-13-6-5-12(22-3)7-14(13)20-17/h16,18H,4-15,17H2,1-3H3,(H,21,25);5-8H,9H2,1-4H3,(H,19,20). The molecule has 1 atom stereocenters. The summed E-state index contributed by atoms with van der Waals surface area (Å²) in [6.45, 7) is 14.0. The van der Waals surface area contributed by atoms with Crippen molar-refractivity contribution in [3.05, 3.63) is 53.1 Å². The van der Waals surface area contributed by atoms with Gasteiger partial charge in [0.05, 0.1) is 120 Å². The smallest absolute Gasteiger partial charge is 0.222 e. The predicted octanol–water partition coefficient (Wildman–Crippen LogP) is 3.94. The van der Waals surface area contributed by atoms with E-state index in [1.54, 1.807) is 27.5 Å². The summed E-state index contributed by atoms with van der Waals surface area (Å²) in [4.78, 5) is 22.9. The summed E-state index contributed by atoms with van der Waals surface area (Å²) in [6, 6.07) is 5.50. The SMILES string of the molecule is CNC(=O)CCOCCOCCOCCOCCOCc1cn(CCC(C)C)nn1.COc1ccc2nc(S(=O)Cc3ncc(C)c(OC)c3C)[nH]c2c1. The van der Waals surface area contributed by atoms with Crippen molar-refractivity contribution in [3.8, 4) is 11.5 Å². The zero-order valence-electron chi connectivity index (χ0n) is 32.7. The Kier molecular flexibility index (Phi) is 20.7. The molecule has 4 rings (SSSR count). The van der Waals surface area contributed by atoms with Crippen molar-refractivity contribution in [2.75, 3.05) is 80.7 Å². The molecule has 3 heterocycles. The fourth-order valence-corrected chi connectivity index (χ4v) is 5.96. The molecule has 0 aliphatic heterocycles. The number of hydrogen-bond donors (Lipinski definition) is 2. The van der Waals surface area contributed by atoms with Gasteiger partial charge in [0.2, 0.25) is 5.91 Å². The number of hydrogen-bond acceptors (Lipinski definition) is 13. The number of nitrogens with zero attached hydrogens (tertiary/aromatic N) is 5. The van der Waals surface area contributed by atoms with E-state index in [9.17, 15) is 9.00 Å². The molecule has 1 amide bonds. The van der Waals surface area contributed by atoms with Crippen LogP contribution in [0.1, 0.15) is 49.2 Å². The molecule has 17 heteroatoms. The zero-order valence-corrected chi connectivity index (χ0v) is 33.5. The first kappa shape index (κ1) is 44.4. The fraction of sp³-hybridized carbons (Fsp3) is 0.595. The quantitative estimate of drug-likeness (QED) is 0.0925. The largest absolute Gasteiger partial charge is 0.497 e. The number of fused-ring (bicyclic) bond motifs is 1. The van der Waals surface area contributed by atoms with Gasteiger partial charge in [0.1, 0.15) is 17.2 Å². The van der Waals surface area contributed by atoms with Crippen molar-refractivity contribution in [1.29, 1.82) is 0 Å². The van der Waals surface area contributed by atoms with E-state index >= 15 is 0 Å². The lowest BCUT2D eigenvalue weighted by molar-refractivity contribution is -0.121. The fourth-order valence-electron chi connectivity index (χ4n) is 4.86. The van der Waals surface area contributed by atoms with Crippen molar-refractivity contribution in [1.82, 2.24) is 35.3 Å². The number of benzene rings is 1. The Morgan fingerprint density at radius 3 is 2.19 bits per heavy atom. The van der Waals surface area contributed by atoms with Crippen molar-refractivity contribution in [3.63, 3.8) is 0 Å². The number of aromatic amines is 1. The molecule has 4 aromatic rings. The van der Waals surface area contributed by atoms with Crippen LogP contribution in [0.5, 0.6) is 11.5 Å². The summed E-state index contributed by atoms with van der Waals surface area (Å²) in [5, 5.41) is 11.2. The molecular formula is C37H57N7O9S. The summed E-state index contributed by atoms with van der Waals surface area (Å²) >= 11 is 0. The number of aryl methyl sites for hydroxylation is 2. The van der Waals surface area contributed by atoms with Gasteiger partial charge >= 0.3 is 0 Å². The molecule has 16 nitrogen and oxygen atoms in total. The van der Waals surface area contributed by atoms with E-state index in [4.69, 9.17) is 33.2 Å². The second-order valence-corrected chi connectivity index (χ2v) is 13.9. The number of H-pyrrole nitrogens is 1. The van der Waals surface area contributed by atoms with Crippen LogP contribution in [0.15, 0.2) is 35.7 Å². The summed E-state index contributed by atoms with van der Waals surface area (Å²) in [6.07, 6.45) is 5.11. The number of amides is 1. The van der Waals surface area contributed by atoms with Gasteiger partial charge in [-0.2, -0.15) is 0 Å². The third kappa shape index (κ3) is 16.2. The number of methoxy groups -OCH3 is 2. The van der Waals surface area contributed by atoms with Crippen LogP contribution in [0, 0.1) is 19.8 Å². The van der Waals surface area contributed by atoms with Gasteiger partial charge in [-0.05, 0) is 38.3 Å². The molecule has 300 valence electrons. The molecule has 0 aliphatic rings. The van der Waals surface area contributed by atoms with Crippen molar-refractivity contribution >= 4 is 27.7 Å². The highest BCUT2D eigenvalue weighted by atomic mass is 32.2. The Hall–Kier alpha value is -4.00. The number of aromatic nitrogens is 6. The molecule has 0 aliphatic carbocycles. The number of imidazole rings is 1. The molecule has 0 spiro atoms. The van der Waals surface area contributed by atoms with Gasteiger partial charge in [-0.1, -0.05) is 19.1 Å². The first-order valence-electron chi connectivity index (χ1n) is 18.0. The predicted molar refractivity (Wildman–Crippen MR) is 204 cm³/mol. The minimum absolute atomic E-state index is 0.0281. The van der Waals surface area contributed by atoms with E-state index in [0.29, 0.717) is 83.6 Å². The lowest BCUT2D eigenvalue weighted by Gasteiger charge is -2.11. The third-order valence-electron chi connectivity index (χ3n) is 7.91. The van der Waals surface area contributed by atoms with Crippen molar-refractivity contribution in [2.45, 2.75) is 64.6 Å². The molecule has 0 fully saturated rings. The number of pyridine rings is 1. The van der Waals surface area contributed by atoms with Gasteiger partial charge < -0.3 is 43.5 Å². The van der Waals surface area contributed by atoms with Crippen LogP contribution in [-0.2, 0) is 58.2 Å². The van der Waals surface area contributed by atoms with Gasteiger partial charge in [-0.15, -0.1) is 5.10 Å². The lowest BCUT2D eigenvalue weighted by atomic mass is 10.1. The van der Waals surface area contributed by atoms with Crippen LogP contribution in [0.3, 0.4) is 0 Å². The molecule has 0 saturated heterocycles. The van der Waals surface area contributed by atoms with Crippen LogP contribution < -0.4 is 14.8 Å². The number of nitrogens with one attached hydrogen (secondary N) is 2. The first-order valence-corrected chi connectivity index (χ1v) is 19.4. The highest BCUT2D eigenvalue weighted by molar-refractivity contribution is 7.84. The maximum Gasteiger partial charge on any atom is 0.222 e. The van der Waals surface area contributed by atoms with Crippen LogP contribution in [0.4, 0.5) is 0 Å². The Balaban J connectivity index is 0.000000296. The highest BCUT2D eigenvalue weighted by Gasteiger charge is 2.16. The summed E-state index contributed by atoms with van der Waals surface area (Å²) < 4.78 is 52.2. The minimum Gasteiger partial charge on any atom is -0.497 e. The second-order valence-electron chi connectivity index (χ2n) is 12.5. The lowest BCUT2D eigenvalue weighted by Crippen LogP contribution is -2.20. The molecule has 1 unspecified atom stereocenters. The van der Waals surface area contributed by atoms with Gasteiger partial charge in [0.25, 0.3) is 0 Å². The molecule has 1 aromatic carbocycles. The zero-order chi connectivity index (χ0) is 39.1. The Bertz CT molecular complexity index is 1700. The Morgan fingerprint density at radius 1 is 0.926 bits per heavy atom. The Morgan fingerprint density at radius 2 is 1.57 bits per heavy atom. The molecule has 2 N–H and O–H groups in total. The molecule has 54 heavy (non-hydrogen) atoms. The summed E-state index contributed by atoms with van der Waals surface area (Å²) in [7, 11) is 3.51. The second kappa shape index (κ2) is 25.1. The minimum atomic E-state index is -1.33. The van der Waals surface area contributed by atoms with E-state index in [1.807, 2.05) is 42.9 Å². The van der Waals surface area contributed by atoms with Crippen molar-refractivity contribution in [2.24, 2.45) is 5.92 Å². The number of carbonyl (C=O) groups excluding carboxylic acids is 1. The summed E-state index contributed by atoms with van der Waals surface area (Å²) in [5.41, 5.74) is 4.99. The first-order chi connectivity index (χ1) is 26.1. The molecule has 0 saturated carbocycles. The Labute approximate surface area is 320 Å². The van der Waals surface area contributed by atoms with Gasteiger partial charge in [0.15, 0.2) is 5.16 Å². The monoisotopic (exact) mass is 775 g/mol. The number of carbonyl (C=O) groups is 1. The van der Waals surface area contributed by atoms with E-state index in [0.717, 1.165) is 58.0 Å². The van der Waals surface area contributed by atoms with E-state index in [1.165, 1.54) is 0 Å². The van der Waals surface area contributed by atoms with Gasteiger partial charge in [0, 0.05) is 43.4 Å². The van der Waals surface area contributed by atoms with E-state index < -0.39 is 10.8 Å². The molecular weight excluding hydrogens is 719 g/mol. The van der Waals surface area contributed by atoms with Crippen LogP contribution in [0.25, 0.3) is 11.0 Å². The molecule has 3 aromatic heterocycles. The third-order valence-corrected chi connectivity index (χ3v) is 9.07. The maximum atomic E-state index is 12.7. The average Bonchev–Trinajstić information content (AvgIpc) is 3.82. The molecule has 0 bridgehead atoms. The average molecular weight is 776 g/mol. The van der Waals surface area contributed by atoms with Gasteiger partial charge in [-0.25, -0.2) is 4.98 Å². The van der Waals surface area contributed by atoms with Crippen LogP contribution >= 0.6 is 0 Å². The van der Waals surface area contributed by atoms with Gasteiger partial charge in [-0.3, -0.25) is 18.7 Å². The van der Waals surface area contributed by atoms with E-state index in [-0.39, 0.29) is 11.7 Å². The number of ether oxygens (including phenoxy) is 7. The normalized spacial score (nSPS) is 11.8. The topological polar surface area (TPSA) is 183 Å². The van der Waals surface area contributed by atoms with Crippen LogP contribution in [0.2, 0.25) is 0 Å². The van der Waals surface area contributed by atoms with Crippen molar-refractivity contribution < 1.29 is 42.2 Å². The van der Waals surface area contributed by atoms with Crippen LogP contribution in [-0.4, -0.2) is 121 Å². The summed E-state index contributed by atoms with van der Waals surface area (Å²) in [5.74, 6) is 2.41. The van der Waals surface area contributed by atoms with E-state index in [2.05, 4.69) is 44.4 Å². The number of rotatable bonds is 25. The highest BCUT2D eigenvalue weighted by Crippen LogP contribution is 2.26. The molecule has 0 radical (unpaired) electrons.